The number of aromatic nitrogens is 3. The van der Waals surface area contributed by atoms with Gasteiger partial charge in [0, 0.05) is 24.8 Å². The van der Waals surface area contributed by atoms with Crippen molar-refractivity contribution in [2.75, 3.05) is 18.0 Å². The van der Waals surface area contributed by atoms with Crippen LogP contribution in [0.3, 0.4) is 0 Å². The topological polar surface area (TPSA) is 76.5 Å². The molecule has 1 aliphatic carbocycles. The van der Waals surface area contributed by atoms with Crippen LogP contribution in [-0.4, -0.2) is 33.2 Å². The van der Waals surface area contributed by atoms with Crippen LogP contribution in [0.2, 0.25) is 0 Å². The highest BCUT2D eigenvalue weighted by molar-refractivity contribution is 7.20. The highest BCUT2D eigenvalue weighted by atomic mass is 32.1. The standard InChI is InChI=1S/C16H23N5OS/c1-2-4-12-7-13(22)21-14(18-12)23-15(19-21)20-9-11-5-3-6-16(20,8-11)10-17/h7,11H,2-6,8-10,17H2,1H3. The molecule has 2 aromatic rings. The van der Waals surface area contributed by atoms with Gasteiger partial charge in [0.15, 0.2) is 0 Å². The quantitative estimate of drug-likeness (QED) is 0.923. The molecule has 23 heavy (non-hydrogen) atoms. The van der Waals surface area contributed by atoms with Crippen LogP contribution in [-0.2, 0) is 6.42 Å². The van der Waals surface area contributed by atoms with E-state index in [1.54, 1.807) is 6.07 Å². The molecule has 2 aliphatic rings. The smallest absolute Gasteiger partial charge is 0.275 e. The molecule has 0 radical (unpaired) electrons. The molecule has 6 nitrogen and oxygen atoms in total. The van der Waals surface area contributed by atoms with E-state index in [2.05, 4.69) is 21.9 Å². The van der Waals surface area contributed by atoms with Gasteiger partial charge in [-0.25, -0.2) is 4.98 Å². The Morgan fingerprint density at radius 3 is 3.17 bits per heavy atom. The predicted octanol–water partition coefficient (Wildman–Crippen LogP) is 1.81. The summed E-state index contributed by atoms with van der Waals surface area (Å²) >= 11 is 1.52. The van der Waals surface area contributed by atoms with Crippen molar-refractivity contribution in [3.63, 3.8) is 0 Å². The van der Waals surface area contributed by atoms with Crippen molar-refractivity contribution >= 4 is 21.4 Å². The largest absolute Gasteiger partial charge is 0.339 e. The van der Waals surface area contributed by atoms with Gasteiger partial charge < -0.3 is 10.6 Å². The molecule has 2 fully saturated rings. The van der Waals surface area contributed by atoms with Crippen LogP contribution in [0.15, 0.2) is 10.9 Å². The van der Waals surface area contributed by atoms with Gasteiger partial charge in [0.05, 0.1) is 5.54 Å². The molecule has 2 bridgehead atoms. The second kappa shape index (κ2) is 5.56. The Morgan fingerprint density at radius 2 is 2.39 bits per heavy atom. The summed E-state index contributed by atoms with van der Waals surface area (Å²) < 4.78 is 1.45. The molecule has 1 saturated heterocycles. The number of nitrogens with two attached hydrogens (primary N) is 1. The Labute approximate surface area is 139 Å². The Balaban J connectivity index is 1.77. The van der Waals surface area contributed by atoms with Crippen molar-refractivity contribution in [3.8, 4) is 0 Å². The number of hydrogen-bond donors (Lipinski definition) is 1. The maximum atomic E-state index is 12.3. The fourth-order valence-electron chi connectivity index (χ4n) is 4.23. The zero-order valence-electron chi connectivity index (χ0n) is 13.5. The second-order valence-corrected chi connectivity index (χ2v) is 7.85. The van der Waals surface area contributed by atoms with Crippen molar-refractivity contribution in [2.45, 2.75) is 51.0 Å². The van der Waals surface area contributed by atoms with Gasteiger partial charge in [0.1, 0.15) is 0 Å². The number of rotatable bonds is 4. The van der Waals surface area contributed by atoms with Crippen LogP contribution in [0, 0.1) is 5.92 Å². The average Bonchev–Trinajstić information content (AvgIpc) is 3.07. The molecule has 4 rings (SSSR count). The van der Waals surface area contributed by atoms with Crippen molar-refractivity contribution in [2.24, 2.45) is 11.7 Å². The van der Waals surface area contributed by atoms with Gasteiger partial charge >= 0.3 is 0 Å². The molecular weight excluding hydrogens is 310 g/mol. The predicted molar refractivity (Wildman–Crippen MR) is 92.2 cm³/mol. The lowest BCUT2D eigenvalue weighted by Gasteiger charge is -2.38. The van der Waals surface area contributed by atoms with E-state index < -0.39 is 0 Å². The molecule has 0 amide bonds. The first-order chi connectivity index (χ1) is 11.1. The minimum absolute atomic E-state index is 0.0344. The summed E-state index contributed by atoms with van der Waals surface area (Å²) in [6, 6.07) is 1.61. The fraction of sp³-hybridized carbons (Fsp3) is 0.688. The summed E-state index contributed by atoms with van der Waals surface area (Å²) in [6.07, 6.45) is 6.61. The minimum atomic E-state index is -0.0788. The number of fused-ring (bicyclic) bond motifs is 3. The molecule has 7 heteroatoms. The van der Waals surface area contributed by atoms with Gasteiger partial charge in [-0.15, -0.1) is 5.10 Å². The molecule has 1 aliphatic heterocycles. The van der Waals surface area contributed by atoms with E-state index in [1.807, 2.05) is 0 Å². The molecule has 0 spiro atoms. The molecule has 0 aromatic carbocycles. The zero-order valence-corrected chi connectivity index (χ0v) is 14.3. The number of hydrogen-bond acceptors (Lipinski definition) is 6. The first-order valence-electron chi connectivity index (χ1n) is 8.53. The van der Waals surface area contributed by atoms with Crippen molar-refractivity contribution in [3.05, 3.63) is 22.1 Å². The Morgan fingerprint density at radius 1 is 1.52 bits per heavy atom. The van der Waals surface area contributed by atoms with Crippen LogP contribution in [0.1, 0.15) is 44.7 Å². The number of nitrogens with zero attached hydrogens (tertiary/aromatic N) is 4. The van der Waals surface area contributed by atoms with Gasteiger partial charge in [-0.05, 0) is 31.6 Å². The summed E-state index contributed by atoms with van der Waals surface area (Å²) in [5.41, 5.74) is 6.96. The summed E-state index contributed by atoms with van der Waals surface area (Å²) in [4.78, 5) is 20.0. The van der Waals surface area contributed by atoms with Gasteiger partial charge in [-0.1, -0.05) is 31.1 Å². The zero-order chi connectivity index (χ0) is 16.0. The Kier molecular flexibility index (Phi) is 3.65. The van der Waals surface area contributed by atoms with E-state index in [1.165, 1.54) is 28.7 Å². The first kappa shape index (κ1) is 15.1. The normalized spacial score (nSPS) is 27.0. The van der Waals surface area contributed by atoms with Gasteiger partial charge in [-0.3, -0.25) is 4.79 Å². The van der Waals surface area contributed by atoms with Crippen molar-refractivity contribution < 1.29 is 0 Å². The van der Waals surface area contributed by atoms with Crippen LogP contribution in [0.4, 0.5) is 5.13 Å². The average molecular weight is 333 g/mol. The molecule has 3 heterocycles. The molecule has 2 unspecified atom stereocenters. The third-order valence-electron chi connectivity index (χ3n) is 5.34. The van der Waals surface area contributed by atoms with Crippen molar-refractivity contribution in [1.29, 1.82) is 0 Å². The third kappa shape index (κ3) is 2.37. The molecule has 124 valence electrons. The van der Waals surface area contributed by atoms with Crippen LogP contribution in [0.25, 0.3) is 4.96 Å². The lowest BCUT2D eigenvalue weighted by atomic mass is 9.80. The summed E-state index contributed by atoms with van der Waals surface area (Å²) in [7, 11) is 0. The fourth-order valence-corrected chi connectivity index (χ4v) is 5.27. The monoisotopic (exact) mass is 333 g/mol. The molecule has 2 atom stereocenters. The minimum Gasteiger partial charge on any atom is -0.339 e. The van der Waals surface area contributed by atoms with Crippen molar-refractivity contribution in [1.82, 2.24) is 14.6 Å². The highest BCUT2D eigenvalue weighted by Crippen LogP contribution is 2.46. The Hall–Kier alpha value is -1.47. The molecular formula is C16H23N5OS. The SMILES string of the molecule is CCCc1cc(=O)n2nc(N3CC4CCCC3(CN)C4)sc2n1. The summed E-state index contributed by atoms with van der Waals surface area (Å²) in [5.74, 6) is 0.708. The maximum Gasteiger partial charge on any atom is 0.275 e. The van der Waals surface area contributed by atoms with E-state index >= 15 is 0 Å². The lowest BCUT2D eigenvalue weighted by Crippen LogP contribution is -2.50. The molecule has 1 saturated carbocycles. The van der Waals surface area contributed by atoms with Crippen LogP contribution >= 0.6 is 11.3 Å². The van der Waals surface area contributed by atoms with Gasteiger partial charge in [0.2, 0.25) is 10.1 Å². The molecule has 2 N–H and O–H groups in total. The van der Waals surface area contributed by atoms with E-state index in [0.29, 0.717) is 17.4 Å². The van der Waals surface area contributed by atoms with E-state index in [4.69, 9.17) is 5.73 Å². The second-order valence-electron chi connectivity index (χ2n) is 6.92. The van der Waals surface area contributed by atoms with Gasteiger partial charge in [-0.2, -0.15) is 4.52 Å². The number of aryl methyl sites for hydroxylation is 1. The first-order valence-corrected chi connectivity index (χ1v) is 9.34. The van der Waals surface area contributed by atoms with E-state index in [9.17, 15) is 4.79 Å². The maximum absolute atomic E-state index is 12.3. The van der Waals surface area contributed by atoms with Gasteiger partial charge in [0.25, 0.3) is 5.56 Å². The molecule has 2 aromatic heterocycles. The summed E-state index contributed by atoms with van der Waals surface area (Å²) in [6.45, 7) is 3.76. The van der Waals surface area contributed by atoms with E-state index in [0.717, 1.165) is 43.1 Å². The number of anilines is 1. The van der Waals surface area contributed by atoms with Crippen LogP contribution < -0.4 is 16.2 Å². The lowest BCUT2D eigenvalue weighted by molar-refractivity contribution is 0.309. The third-order valence-corrected chi connectivity index (χ3v) is 6.27. The summed E-state index contributed by atoms with van der Waals surface area (Å²) in [5, 5.41) is 5.48. The van der Waals surface area contributed by atoms with E-state index in [-0.39, 0.29) is 11.1 Å². The highest BCUT2D eigenvalue weighted by Gasteiger charge is 2.48. The Bertz CT molecular complexity index is 784. The van der Waals surface area contributed by atoms with Crippen LogP contribution in [0.5, 0.6) is 0 Å².